The highest BCUT2D eigenvalue weighted by molar-refractivity contribution is 5.80. The van der Waals surface area contributed by atoms with Crippen LogP contribution in [-0.2, 0) is 0 Å². The van der Waals surface area contributed by atoms with Gasteiger partial charge in [-0.3, -0.25) is 0 Å². The summed E-state index contributed by atoms with van der Waals surface area (Å²) >= 11 is 0. The lowest BCUT2D eigenvalue weighted by Gasteiger charge is -2.26. The van der Waals surface area contributed by atoms with Crippen LogP contribution >= 0.6 is 0 Å². The molecule has 2 N–H and O–H groups in total. The second-order valence-corrected chi connectivity index (χ2v) is 5.97. The Morgan fingerprint density at radius 3 is 2.42 bits per heavy atom. The Labute approximate surface area is 148 Å². The summed E-state index contributed by atoms with van der Waals surface area (Å²) in [5.74, 6) is -0.291. The van der Waals surface area contributed by atoms with Crippen LogP contribution in [0, 0.1) is 0 Å². The number of fused-ring (bicyclic) bond motifs is 1. The first-order chi connectivity index (χ1) is 12.4. The fourth-order valence-electron chi connectivity index (χ4n) is 3.10. The first-order valence-corrected chi connectivity index (χ1v) is 8.13. The van der Waals surface area contributed by atoms with Gasteiger partial charge < -0.3 is 19.7 Å². The number of ether oxygens (including phenoxy) is 1. The lowest BCUT2D eigenvalue weighted by Crippen LogP contribution is -2.33. The number of nitrogens with one attached hydrogen (secondary N) is 1. The number of halogens is 3. The number of hydrogen-bond acceptors (Lipinski definition) is 3. The third-order valence-electron chi connectivity index (χ3n) is 4.16. The largest absolute Gasteiger partial charge is 0.573 e. The van der Waals surface area contributed by atoms with Gasteiger partial charge in [-0.2, -0.15) is 0 Å². The molecule has 3 aromatic rings. The SMILES string of the molecule is CNCC(O)[C@H](c1ccc(OC(F)(F)F)cc1)n1ccc2ccccc21. The van der Waals surface area contributed by atoms with Crippen molar-refractivity contribution in [1.29, 1.82) is 0 Å². The summed E-state index contributed by atoms with van der Waals surface area (Å²) in [6, 6.07) is 14.8. The highest BCUT2D eigenvalue weighted by Gasteiger charge is 2.31. The topological polar surface area (TPSA) is 46.4 Å². The molecule has 0 radical (unpaired) electrons. The molecule has 0 aliphatic heterocycles. The van der Waals surface area contributed by atoms with Crippen LogP contribution in [0.4, 0.5) is 13.2 Å². The zero-order valence-electron chi connectivity index (χ0n) is 14.1. The van der Waals surface area contributed by atoms with Gasteiger partial charge in [0, 0.05) is 18.3 Å². The molecule has 2 aromatic carbocycles. The van der Waals surface area contributed by atoms with Crippen molar-refractivity contribution in [1.82, 2.24) is 9.88 Å². The summed E-state index contributed by atoms with van der Waals surface area (Å²) < 4.78 is 42.9. The third-order valence-corrected chi connectivity index (χ3v) is 4.16. The van der Waals surface area contributed by atoms with Gasteiger partial charge in [0.1, 0.15) is 5.75 Å². The molecular formula is C19H19F3N2O2. The van der Waals surface area contributed by atoms with Crippen molar-refractivity contribution in [3.8, 4) is 5.75 Å². The van der Waals surface area contributed by atoms with Crippen LogP contribution < -0.4 is 10.1 Å². The van der Waals surface area contributed by atoms with E-state index in [4.69, 9.17) is 0 Å². The molecule has 0 saturated heterocycles. The van der Waals surface area contributed by atoms with Gasteiger partial charge in [-0.15, -0.1) is 13.2 Å². The number of nitrogens with zero attached hydrogens (tertiary/aromatic N) is 1. The average molecular weight is 364 g/mol. The second-order valence-electron chi connectivity index (χ2n) is 5.97. The van der Waals surface area contributed by atoms with E-state index in [0.29, 0.717) is 12.1 Å². The molecule has 138 valence electrons. The molecule has 0 aliphatic rings. The molecule has 1 aromatic heterocycles. The predicted molar refractivity (Wildman–Crippen MR) is 93.1 cm³/mol. The van der Waals surface area contributed by atoms with E-state index in [1.54, 1.807) is 19.2 Å². The smallest absolute Gasteiger partial charge is 0.406 e. The second kappa shape index (κ2) is 7.39. The molecule has 0 spiro atoms. The highest BCUT2D eigenvalue weighted by Crippen LogP contribution is 2.30. The van der Waals surface area contributed by atoms with Gasteiger partial charge >= 0.3 is 6.36 Å². The summed E-state index contributed by atoms with van der Waals surface area (Å²) in [5.41, 5.74) is 1.62. The van der Waals surface area contributed by atoms with Crippen LogP contribution in [-0.4, -0.2) is 35.7 Å². The van der Waals surface area contributed by atoms with Crippen molar-refractivity contribution < 1.29 is 23.0 Å². The molecule has 1 heterocycles. The van der Waals surface area contributed by atoms with Gasteiger partial charge in [0.2, 0.25) is 0 Å². The number of aromatic nitrogens is 1. The molecule has 0 fully saturated rings. The minimum Gasteiger partial charge on any atom is -0.406 e. The van der Waals surface area contributed by atoms with Crippen molar-refractivity contribution in [2.75, 3.05) is 13.6 Å². The maximum atomic E-state index is 12.4. The maximum Gasteiger partial charge on any atom is 0.573 e. The number of benzene rings is 2. The van der Waals surface area contributed by atoms with Crippen molar-refractivity contribution >= 4 is 10.9 Å². The van der Waals surface area contributed by atoms with E-state index in [0.717, 1.165) is 10.9 Å². The standard InChI is InChI=1S/C19H19F3N2O2/c1-23-12-17(25)18(24-11-10-13-4-2-3-5-16(13)24)14-6-8-15(9-7-14)26-19(20,21)22/h2-11,17-18,23,25H,12H2,1H3/t17?,18-/m0/s1. The Balaban J connectivity index is 1.99. The summed E-state index contributed by atoms with van der Waals surface area (Å²) in [6.07, 6.45) is -3.64. The lowest BCUT2D eigenvalue weighted by molar-refractivity contribution is -0.274. The normalized spacial score (nSPS) is 14.3. The number of rotatable bonds is 6. The summed E-state index contributed by atoms with van der Waals surface area (Å²) in [6.45, 7) is 0.331. The molecule has 0 aliphatic carbocycles. The predicted octanol–water partition coefficient (Wildman–Crippen LogP) is 3.71. The van der Waals surface area contributed by atoms with Gasteiger partial charge in [0.25, 0.3) is 0 Å². The Bertz CT molecular complexity index is 859. The van der Waals surface area contributed by atoms with Gasteiger partial charge in [0.15, 0.2) is 0 Å². The Kier molecular flexibility index (Phi) is 5.20. The van der Waals surface area contributed by atoms with Crippen molar-refractivity contribution in [2.24, 2.45) is 0 Å². The van der Waals surface area contributed by atoms with Crippen LogP contribution in [0.15, 0.2) is 60.8 Å². The Morgan fingerprint density at radius 1 is 1.08 bits per heavy atom. The highest BCUT2D eigenvalue weighted by atomic mass is 19.4. The number of aliphatic hydroxyl groups is 1. The molecular weight excluding hydrogens is 345 g/mol. The quantitative estimate of drug-likeness (QED) is 0.701. The van der Waals surface area contributed by atoms with E-state index in [1.165, 1.54) is 12.1 Å². The maximum absolute atomic E-state index is 12.4. The van der Waals surface area contributed by atoms with E-state index < -0.39 is 18.5 Å². The molecule has 1 unspecified atom stereocenters. The molecule has 7 heteroatoms. The molecule has 26 heavy (non-hydrogen) atoms. The summed E-state index contributed by atoms with van der Waals surface area (Å²) in [4.78, 5) is 0. The van der Waals surface area contributed by atoms with Crippen molar-refractivity contribution in [3.63, 3.8) is 0 Å². The fourth-order valence-corrected chi connectivity index (χ4v) is 3.10. The van der Waals surface area contributed by atoms with Crippen LogP contribution in [0.25, 0.3) is 10.9 Å². The Morgan fingerprint density at radius 2 is 1.77 bits per heavy atom. The molecule has 0 amide bonds. The van der Waals surface area contributed by atoms with Crippen molar-refractivity contribution in [3.05, 3.63) is 66.4 Å². The Hall–Kier alpha value is -2.51. The molecule has 2 atom stereocenters. The first kappa shape index (κ1) is 18.3. The van der Waals surface area contributed by atoms with E-state index in [-0.39, 0.29) is 5.75 Å². The van der Waals surface area contributed by atoms with E-state index in [9.17, 15) is 18.3 Å². The zero-order chi connectivity index (χ0) is 18.7. The van der Waals surface area contributed by atoms with Crippen LogP contribution in [0.5, 0.6) is 5.75 Å². The zero-order valence-corrected chi connectivity index (χ0v) is 14.1. The number of hydrogen-bond donors (Lipinski definition) is 2. The summed E-state index contributed by atoms with van der Waals surface area (Å²) in [7, 11) is 1.73. The van der Waals surface area contributed by atoms with Crippen LogP contribution in [0.3, 0.4) is 0 Å². The number of aliphatic hydroxyl groups excluding tert-OH is 1. The monoisotopic (exact) mass is 364 g/mol. The number of alkyl halides is 3. The average Bonchev–Trinajstić information content (AvgIpc) is 3.00. The van der Waals surface area contributed by atoms with Gasteiger partial charge in [-0.1, -0.05) is 30.3 Å². The van der Waals surface area contributed by atoms with Gasteiger partial charge in [-0.05, 0) is 42.3 Å². The minimum absolute atomic E-state index is 0.291. The van der Waals surface area contributed by atoms with E-state index in [1.807, 2.05) is 41.1 Å². The molecule has 0 saturated carbocycles. The van der Waals surface area contributed by atoms with Crippen LogP contribution in [0.2, 0.25) is 0 Å². The fraction of sp³-hybridized carbons (Fsp3) is 0.263. The molecule has 0 bridgehead atoms. The lowest BCUT2D eigenvalue weighted by atomic mass is 10.0. The molecule has 4 nitrogen and oxygen atoms in total. The van der Waals surface area contributed by atoms with Gasteiger partial charge in [0.05, 0.1) is 12.1 Å². The molecule has 3 rings (SSSR count). The summed E-state index contributed by atoms with van der Waals surface area (Å²) in [5, 5.41) is 14.6. The number of likely N-dealkylation sites (N-methyl/N-ethyl adjacent to an activating group) is 1. The van der Waals surface area contributed by atoms with Gasteiger partial charge in [-0.25, -0.2) is 0 Å². The van der Waals surface area contributed by atoms with E-state index in [2.05, 4.69) is 10.1 Å². The van der Waals surface area contributed by atoms with Crippen molar-refractivity contribution in [2.45, 2.75) is 18.5 Å². The first-order valence-electron chi connectivity index (χ1n) is 8.13. The van der Waals surface area contributed by atoms with E-state index >= 15 is 0 Å². The van der Waals surface area contributed by atoms with Crippen LogP contribution in [0.1, 0.15) is 11.6 Å². The number of para-hydroxylation sites is 1. The third kappa shape index (κ3) is 4.00. The minimum atomic E-state index is -4.73.